The minimum Gasteiger partial charge on any atom is -0.0836 e. The molecule has 0 nitrogen and oxygen atoms in total. The van der Waals surface area contributed by atoms with Crippen molar-refractivity contribution < 1.29 is 0 Å². The van der Waals surface area contributed by atoms with Gasteiger partial charge in [0.1, 0.15) is 0 Å². The maximum atomic E-state index is 6.23. The number of halogens is 3. The van der Waals surface area contributed by atoms with E-state index in [0.29, 0.717) is 15.1 Å². The first-order chi connectivity index (χ1) is 7.68. The molecule has 1 aliphatic rings. The van der Waals surface area contributed by atoms with Gasteiger partial charge in [0.2, 0.25) is 0 Å². The summed E-state index contributed by atoms with van der Waals surface area (Å²) in [5.41, 5.74) is 4.50. The molecule has 0 radical (unpaired) electrons. The van der Waals surface area contributed by atoms with E-state index in [2.05, 4.69) is 12.1 Å². The average molecular weight is 270 g/mol. The van der Waals surface area contributed by atoms with Crippen LogP contribution in [0.25, 0.3) is 11.1 Å². The molecule has 2 aromatic rings. The Hall–Kier alpha value is -0.690. The molecule has 0 amide bonds. The Morgan fingerprint density at radius 2 is 1.69 bits per heavy atom. The summed E-state index contributed by atoms with van der Waals surface area (Å²) in [6.07, 6.45) is 0.810. The van der Waals surface area contributed by atoms with Crippen molar-refractivity contribution in [2.24, 2.45) is 0 Å². The number of benzene rings is 2. The minimum atomic E-state index is 0.526. The number of hydrogen-bond acceptors (Lipinski definition) is 0. The van der Waals surface area contributed by atoms with Crippen LogP contribution in [0.2, 0.25) is 15.1 Å². The van der Waals surface area contributed by atoms with E-state index >= 15 is 0 Å². The molecule has 80 valence electrons. The summed E-state index contributed by atoms with van der Waals surface area (Å²) in [7, 11) is 0. The second-order valence-corrected chi connectivity index (χ2v) is 5.03. The molecule has 0 atom stereocenters. The van der Waals surface area contributed by atoms with E-state index < -0.39 is 0 Å². The molecule has 0 saturated heterocycles. The van der Waals surface area contributed by atoms with Crippen molar-refractivity contribution in [2.75, 3.05) is 0 Å². The van der Waals surface area contributed by atoms with Crippen LogP contribution in [-0.2, 0) is 6.42 Å². The molecule has 0 N–H and O–H groups in total. The third-order valence-electron chi connectivity index (χ3n) is 2.92. The minimum absolute atomic E-state index is 0.526. The van der Waals surface area contributed by atoms with Gasteiger partial charge in [0, 0.05) is 12.0 Å². The fourth-order valence-corrected chi connectivity index (χ4v) is 3.03. The Morgan fingerprint density at radius 1 is 0.938 bits per heavy atom. The molecule has 0 bridgehead atoms. The van der Waals surface area contributed by atoms with Crippen LogP contribution >= 0.6 is 34.8 Å². The van der Waals surface area contributed by atoms with E-state index in [1.807, 2.05) is 12.1 Å². The van der Waals surface area contributed by atoms with E-state index in [9.17, 15) is 0 Å². The zero-order valence-electron chi connectivity index (χ0n) is 8.23. The molecule has 2 aromatic carbocycles. The van der Waals surface area contributed by atoms with Crippen LogP contribution in [-0.4, -0.2) is 0 Å². The van der Waals surface area contributed by atoms with E-state index in [-0.39, 0.29) is 0 Å². The molecule has 0 aliphatic heterocycles. The van der Waals surface area contributed by atoms with Crippen LogP contribution in [0.5, 0.6) is 0 Å². The Labute approximate surface area is 109 Å². The SMILES string of the molecule is Clc1cc(Cl)c2c(c1Cl)Cc1ccccc1-2. The highest BCUT2D eigenvalue weighted by molar-refractivity contribution is 6.45. The Morgan fingerprint density at radius 3 is 2.50 bits per heavy atom. The smallest absolute Gasteiger partial charge is 0.0634 e. The lowest BCUT2D eigenvalue weighted by molar-refractivity contribution is 1.26. The molecule has 0 fully saturated rings. The quantitative estimate of drug-likeness (QED) is 0.491. The van der Waals surface area contributed by atoms with E-state index in [0.717, 1.165) is 17.5 Å². The van der Waals surface area contributed by atoms with Gasteiger partial charge in [-0.1, -0.05) is 59.1 Å². The van der Waals surface area contributed by atoms with Crippen molar-refractivity contribution >= 4 is 34.8 Å². The van der Waals surface area contributed by atoms with Gasteiger partial charge in [-0.05, 0) is 22.8 Å². The second kappa shape index (κ2) is 3.66. The second-order valence-electron chi connectivity index (χ2n) is 3.84. The monoisotopic (exact) mass is 268 g/mol. The third-order valence-corrected chi connectivity index (χ3v) is 4.05. The summed E-state index contributed by atoms with van der Waals surface area (Å²) < 4.78 is 0. The Balaban J connectivity index is 2.37. The van der Waals surface area contributed by atoms with Gasteiger partial charge < -0.3 is 0 Å². The predicted molar refractivity (Wildman–Crippen MR) is 69.7 cm³/mol. The lowest BCUT2D eigenvalue weighted by atomic mass is 10.1. The number of rotatable bonds is 0. The maximum absolute atomic E-state index is 6.23. The summed E-state index contributed by atoms with van der Waals surface area (Å²) in [6.45, 7) is 0. The molecule has 0 unspecified atom stereocenters. The van der Waals surface area contributed by atoms with Crippen LogP contribution in [0.15, 0.2) is 30.3 Å². The van der Waals surface area contributed by atoms with Gasteiger partial charge >= 0.3 is 0 Å². The standard InChI is InChI=1S/C13H7Cl3/c14-10-6-11(15)13(16)9-5-7-3-1-2-4-8(7)12(9)10/h1-4,6H,5H2. The van der Waals surface area contributed by atoms with Gasteiger partial charge in [-0.2, -0.15) is 0 Å². The van der Waals surface area contributed by atoms with Gasteiger partial charge in [-0.15, -0.1) is 0 Å². The zero-order valence-corrected chi connectivity index (χ0v) is 10.5. The molecular weight excluding hydrogens is 263 g/mol. The molecular formula is C13H7Cl3. The summed E-state index contributed by atoms with van der Waals surface area (Å²) in [5.74, 6) is 0. The first kappa shape index (κ1) is 10.5. The van der Waals surface area contributed by atoms with Crippen molar-refractivity contribution in [3.05, 3.63) is 56.5 Å². The number of hydrogen-bond donors (Lipinski definition) is 0. The number of fused-ring (bicyclic) bond motifs is 3. The van der Waals surface area contributed by atoms with Gasteiger partial charge in [0.05, 0.1) is 15.1 Å². The summed E-state index contributed by atoms with van der Waals surface area (Å²) in [4.78, 5) is 0. The fourth-order valence-electron chi connectivity index (χ4n) is 2.21. The topological polar surface area (TPSA) is 0 Å². The van der Waals surface area contributed by atoms with E-state index in [1.54, 1.807) is 6.07 Å². The van der Waals surface area contributed by atoms with Crippen LogP contribution in [0.1, 0.15) is 11.1 Å². The molecule has 3 rings (SSSR count). The van der Waals surface area contributed by atoms with Crippen molar-refractivity contribution in [3.8, 4) is 11.1 Å². The van der Waals surface area contributed by atoms with Gasteiger partial charge in [-0.3, -0.25) is 0 Å². The predicted octanol–water partition coefficient (Wildman–Crippen LogP) is 5.22. The average Bonchev–Trinajstić information content (AvgIpc) is 2.65. The molecule has 0 saturated carbocycles. The van der Waals surface area contributed by atoms with Crippen LogP contribution in [0.4, 0.5) is 0 Å². The molecule has 1 aliphatic carbocycles. The molecule has 0 spiro atoms. The van der Waals surface area contributed by atoms with Gasteiger partial charge in [-0.25, -0.2) is 0 Å². The summed E-state index contributed by atoms with van der Waals surface area (Å²) >= 11 is 18.5. The van der Waals surface area contributed by atoms with E-state index in [1.165, 1.54) is 11.1 Å². The Bertz CT molecular complexity index is 588. The Kier molecular flexibility index (Phi) is 2.39. The normalized spacial score (nSPS) is 12.4. The van der Waals surface area contributed by atoms with Crippen molar-refractivity contribution in [2.45, 2.75) is 6.42 Å². The van der Waals surface area contributed by atoms with Crippen LogP contribution in [0, 0.1) is 0 Å². The third kappa shape index (κ3) is 1.37. The largest absolute Gasteiger partial charge is 0.0836 e. The summed E-state index contributed by atoms with van der Waals surface area (Å²) in [5, 5.41) is 1.82. The van der Waals surface area contributed by atoms with Crippen molar-refractivity contribution in [1.29, 1.82) is 0 Å². The lowest BCUT2D eigenvalue weighted by Crippen LogP contribution is -1.84. The van der Waals surface area contributed by atoms with Gasteiger partial charge in [0.15, 0.2) is 0 Å². The lowest BCUT2D eigenvalue weighted by Gasteiger charge is -2.07. The molecule has 16 heavy (non-hydrogen) atoms. The highest BCUT2D eigenvalue weighted by Crippen LogP contribution is 2.46. The zero-order chi connectivity index (χ0) is 11.3. The maximum Gasteiger partial charge on any atom is 0.0634 e. The highest BCUT2D eigenvalue weighted by Gasteiger charge is 2.24. The first-order valence-electron chi connectivity index (χ1n) is 4.93. The van der Waals surface area contributed by atoms with Crippen molar-refractivity contribution in [1.82, 2.24) is 0 Å². The van der Waals surface area contributed by atoms with Crippen LogP contribution < -0.4 is 0 Å². The highest BCUT2D eigenvalue weighted by atomic mass is 35.5. The fraction of sp³-hybridized carbons (Fsp3) is 0.0769. The van der Waals surface area contributed by atoms with Crippen molar-refractivity contribution in [3.63, 3.8) is 0 Å². The van der Waals surface area contributed by atoms with Crippen LogP contribution in [0.3, 0.4) is 0 Å². The summed E-state index contributed by atoms with van der Waals surface area (Å²) in [6, 6.07) is 9.90. The first-order valence-corrected chi connectivity index (χ1v) is 6.06. The molecule has 0 aromatic heterocycles. The van der Waals surface area contributed by atoms with Gasteiger partial charge in [0.25, 0.3) is 0 Å². The molecule has 3 heteroatoms. The molecule has 0 heterocycles. The van der Waals surface area contributed by atoms with E-state index in [4.69, 9.17) is 34.8 Å².